The first-order chi connectivity index (χ1) is 8.92. The van der Waals surface area contributed by atoms with Crippen molar-refractivity contribution in [2.75, 3.05) is 6.98 Å². The minimum absolute atomic E-state index is 0.0475. The Balaban J connectivity index is 3.16. The van der Waals surface area contributed by atoms with Gasteiger partial charge in [0.15, 0.2) is 0 Å². The van der Waals surface area contributed by atoms with Crippen LogP contribution in [0, 0.1) is 5.82 Å². The standard InChI is InChI=1S/C10H9F6N/c1-17-8(9(12)13)6-3-2-5(4-7(6)11)10(14,15)16/h2-4,8-9,17H,1H3/t8-/m0/s1/i1D3. The van der Waals surface area contributed by atoms with Crippen molar-refractivity contribution in [1.29, 1.82) is 0 Å². The average molecular weight is 260 g/mol. The van der Waals surface area contributed by atoms with Crippen molar-refractivity contribution in [3.63, 3.8) is 0 Å². The van der Waals surface area contributed by atoms with Crippen LogP contribution in [0.5, 0.6) is 0 Å². The zero-order chi connectivity index (χ0) is 15.7. The normalized spacial score (nSPS) is 17.5. The molecule has 0 radical (unpaired) electrons. The molecule has 0 aliphatic rings. The molecule has 17 heavy (non-hydrogen) atoms. The maximum Gasteiger partial charge on any atom is 0.416 e. The number of benzene rings is 1. The van der Waals surface area contributed by atoms with E-state index in [-0.39, 0.29) is 6.07 Å². The summed E-state index contributed by atoms with van der Waals surface area (Å²) in [6.07, 6.45) is -8.13. The molecule has 0 unspecified atom stereocenters. The summed E-state index contributed by atoms with van der Waals surface area (Å²) in [6, 6.07) is -1.28. The Hall–Kier alpha value is -1.24. The third kappa shape index (κ3) is 3.12. The van der Waals surface area contributed by atoms with Gasteiger partial charge < -0.3 is 5.32 Å². The second-order valence-corrected chi connectivity index (χ2v) is 3.19. The van der Waals surface area contributed by atoms with E-state index in [9.17, 15) is 26.3 Å². The van der Waals surface area contributed by atoms with Gasteiger partial charge in [0.2, 0.25) is 0 Å². The van der Waals surface area contributed by atoms with E-state index in [0.29, 0.717) is 12.1 Å². The Kier molecular flexibility index (Phi) is 2.84. The van der Waals surface area contributed by atoms with Crippen LogP contribution in [0.15, 0.2) is 18.2 Å². The molecule has 96 valence electrons. The Morgan fingerprint density at radius 3 is 2.35 bits per heavy atom. The van der Waals surface area contributed by atoms with Gasteiger partial charge in [-0.05, 0) is 19.1 Å². The van der Waals surface area contributed by atoms with Gasteiger partial charge in [0.25, 0.3) is 6.43 Å². The van der Waals surface area contributed by atoms with E-state index in [1.807, 2.05) is 0 Å². The van der Waals surface area contributed by atoms with Crippen LogP contribution in [0.4, 0.5) is 26.3 Å². The average Bonchev–Trinajstić information content (AvgIpc) is 2.23. The highest BCUT2D eigenvalue weighted by molar-refractivity contribution is 5.29. The van der Waals surface area contributed by atoms with Crippen LogP contribution in [0.2, 0.25) is 0 Å². The van der Waals surface area contributed by atoms with Crippen LogP contribution in [0.25, 0.3) is 0 Å². The van der Waals surface area contributed by atoms with E-state index in [1.165, 1.54) is 5.32 Å². The molecule has 1 rings (SSSR count). The predicted molar refractivity (Wildman–Crippen MR) is 49.2 cm³/mol. The number of hydrogen-bond donors (Lipinski definition) is 1. The lowest BCUT2D eigenvalue weighted by atomic mass is 10.0. The molecule has 0 aliphatic heterocycles. The Bertz CT molecular complexity index is 471. The first kappa shape index (κ1) is 9.76. The van der Waals surface area contributed by atoms with E-state index in [0.717, 1.165) is 0 Å². The third-order valence-electron chi connectivity index (χ3n) is 2.07. The molecule has 0 bridgehead atoms. The number of halogens is 6. The highest BCUT2D eigenvalue weighted by atomic mass is 19.4. The molecule has 1 aromatic carbocycles. The lowest BCUT2D eigenvalue weighted by Gasteiger charge is -2.17. The van der Waals surface area contributed by atoms with Crippen molar-refractivity contribution in [2.24, 2.45) is 0 Å². The lowest BCUT2D eigenvalue weighted by molar-refractivity contribution is -0.137. The molecule has 1 nitrogen and oxygen atoms in total. The van der Waals surface area contributed by atoms with E-state index < -0.39 is 42.6 Å². The first-order valence-electron chi connectivity index (χ1n) is 5.84. The zero-order valence-electron chi connectivity index (χ0n) is 11.2. The fraction of sp³-hybridized carbons (Fsp3) is 0.400. The molecule has 1 N–H and O–H groups in total. The zero-order valence-corrected chi connectivity index (χ0v) is 8.15. The summed E-state index contributed by atoms with van der Waals surface area (Å²) < 4.78 is 96.3. The number of alkyl halides is 5. The number of nitrogens with one attached hydrogen (secondary N) is 1. The van der Waals surface area contributed by atoms with Crippen LogP contribution >= 0.6 is 0 Å². The minimum atomic E-state index is -4.82. The molecular formula is C10H9F6N. The molecular weight excluding hydrogens is 248 g/mol. The van der Waals surface area contributed by atoms with Crippen molar-refractivity contribution < 1.29 is 30.5 Å². The van der Waals surface area contributed by atoms with Gasteiger partial charge in [-0.15, -0.1) is 0 Å². The quantitative estimate of drug-likeness (QED) is 0.821. The van der Waals surface area contributed by atoms with Gasteiger partial charge >= 0.3 is 6.18 Å². The van der Waals surface area contributed by atoms with Crippen molar-refractivity contribution in [1.82, 2.24) is 5.32 Å². The summed E-state index contributed by atoms with van der Waals surface area (Å²) in [6.45, 7) is -2.99. The van der Waals surface area contributed by atoms with E-state index in [1.54, 1.807) is 0 Å². The van der Waals surface area contributed by atoms with Gasteiger partial charge in [-0.2, -0.15) is 13.2 Å². The molecule has 7 heteroatoms. The van der Waals surface area contributed by atoms with Gasteiger partial charge in [-0.3, -0.25) is 0 Å². The SMILES string of the molecule is [2H]C([2H])([2H])N[C@@H](c1ccc(C(F)(F)F)cc1F)C(F)F. The summed E-state index contributed by atoms with van der Waals surface area (Å²) in [4.78, 5) is 0. The van der Waals surface area contributed by atoms with Crippen LogP contribution in [-0.2, 0) is 6.18 Å². The smallest absolute Gasteiger partial charge is 0.308 e. The summed E-state index contributed by atoms with van der Waals surface area (Å²) in [7, 11) is 0. The van der Waals surface area contributed by atoms with Crippen LogP contribution < -0.4 is 5.32 Å². The van der Waals surface area contributed by atoms with Crippen LogP contribution in [-0.4, -0.2) is 13.4 Å². The maximum absolute atomic E-state index is 13.5. The fourth-order valence-corrected chi connectivity index (χ4v) is 1.23. The Labute approximate surface area is 97.6 Å². The summed E-state index contributed by atoms with van der Waals surface area (Å²) in [5, 5.41) is 1.50. The van der Waals surface area contributed by atoms with Crippen LogP contribution in [0.1, 0.15) is 21.3 Å². The molecule has 0 heterocycles. The third-order valence-corrected chi connectivity index (χ3v) is 2.07. The molecule has 1 aromatic rings. The van der Waals surface area contributed by atoms with Crippen molar-refractivity contribution in [3.05, 3.63) is 35.1 Å². The summed E-state index contributed by atoms with van der Waals surface area (Å²) in [5.74, 6) is -1.55. The van der Waals surface area contributed by atoms with Gasteiger partial charge in [-0.1, -0.05) is 6.07 Å². The second kappa shape index (κ2) is 4.95. The Morgan fingerprint density at radius 2 is 1.94 bits per heavy atom. The van der Waals surface area contributed by atoms with Crippen LogP contribution in [0.3, 0.4) is 0 Å². The molecule has 0 amide bonds. The molecule has 0 fully saturated rings. The van der Waals surface area contributed by atoms with Gasteiger partial charge in [-0.25, -0.2) is 13.2 Å². The largest absolute Gasteiger partial charge is 0.416 e. The molecule has 0 aromatic heterocycles. The minimum Gasteiger partial charge on any atom is -0.308 e. The highest BCUT2D eigenvalue weighted by Gasteiger charge is 2.32. The van der Waals surface area contributed by atoms with E-state index >= 15 is 0 Å². The first-order valence-corrected chi connectivity index (χ1v) is 4.34. The molecule has 0 saturated heterocycles. The second-order valence-electron chi connectivity index (χ2n) is 3.19. The maximum atomic E-state index is 13.5. The van der Waals surface area contributed by atoms with Gasteiger partial charge in [0, 0.05) is 9.68 Å². The highest BCUT2D eigenvalue weighted by Crippen LogP contribution is 2.32. The lowest BCUT2D eigenvalue weighted by Crippen LogP contribution is -2.25. The van der Waals surface area contributed by atoms with Crippen molar-refractivity contribution in [2.45, 2.75) is 18.6 Å². The number of rotatable bonds is 3. The Morgan fingerprint density at radius 1 is 1.29 bits per heavy atom. The predicted octanol–water partition coefficient (Wildman–Crippen LogP) is 3.37. The van der Waals surface area contributed by atoms with Crippen molar-refractivity contribution >= 4 is 0 Å². The number of hydrogen-bond acceptors (Lipinski definition) is 1. The fourth-order valence-electron chi connectivity index (χ4n) is 1.23. The van der Waals surface area contributed by atoms with Gasteiger partial charge in [0.05, 0.1) is 11.6 Å². The molecule has 1 atom stereocenters. The molecule has 0 saturated carbocycles. The van der Waals surface area contributed by atoms with E-state index in [2.05, 4.69) is 0 Å². The summed E-state index contributed by atoms with van der Waals surface area (Å²) >= 11 is 0. The molecule has 0 spiro atoms. The monoisotopic (exact) mass is 260 g/mol. The topological polar surface area (TPSA) is 12.0 Å². The molecule has 0 aliphatic carbocycles. The van der Waals surface area contributed by atoms with E-state index in [4.69, 9.17) is 4.11 Å². The van der Waals surface area contributed by atoms with Crippen molar-refractivity contribution in [3.8, 4) is 0 Å². The summed E-state index contributed by atoms with van der Waals surface area (Å²) in [5.41, 5.74) is -2.19. The van der Waals surface area contributed by atoms with Gasteiger partial charge in [0.1, 0.15) is 5.82 Å².